The highest BCUT2D eigenvalue weighted by atomic mass is 32.1. The van der Waals surface area contributed by atoms with Crippen LogP contribution < -0.4 is 5.32 Å². The molecule has 0 saturated heterocycles. The molecule has 0 aromatic carbocycles. The summed E-state index contributed by atoms with van der Waals surface area (Å²) in [7, 11) is 0. The Hall–Kier alpha value is -1.81. The summed E-state index contributed by atoms with van der Waals surface area (Å²) < 4.78 is 2.22. The zero-order valence-corrected chi connectivity index (χ0v) is 13.7. The summed E-state index contributed by atoms with van der Waals surface area (Å²) in [6.45, 7) is 2.13. The van der Waals surface area contributed by atoms with Crippen molar-refractivity contribution in [1.29, 1.82) is 0 Å². The van der Waals surface area contributed by atoms with Gasteiger partial charge < -0.3 is 5.32 Å². The van der Waals surface area contributed by atoms with E-state index in [9.17, 15) is 0 Å². The van der Waals surface area contributed by atoms with Gasteiger partial charge >= 0.3 is 0 Å². The predicted molar refractivity (Wildman–Crippen MR) is 93.7 cm³/mol. The first-order valence-corrected chi connectivity index (χ1v) is 9.03. The van der Waals surface area contributed by atoms with Gasteiger partial charge in [0.1, 0.15) is 17.2 Å². The van der Waals surface area contributed by atoms with E-state index in [4.69, 9.17) is 4.98 Å². The Kier molecular flexibility index (Phi) is 3.62. The van der Waals surface area contributed by atoms with Crippen molar-refractivity contribution in [2.75, 3.05) is 5.32 Å². The van der Waals surface area contributed by atoms with Crippen molar-refractivity contribution in [3.05, 3.63) is 40.7 Å². The molecule has 0 spiro atoms. The average Bonchev–Trinajstić information content (AvgIpc) is 3.17. The maximum atomic E-state index is 4.87. The molecule has 0 unspecified atom stereocenters. The largest absolute Gasteiger partial charge is 0.367 e. The SMILES string of the molecule is Cc1ccc2nc(-c3ccsc3)c(NC3CCCCC3)n2c1. The summed E-state index contributed by atoms with van der Waals surface area (Å²) in [5.41, 5.74) is 4.57. The van der Waals surface area contributed by atoms with Crippen LogP contribution in [0.1, 0.15) is 37.7 Å². The predicted octanol–water partition coefficient (Wildman–Crippen LogP) is 5.12. The summed E-state index contributed by atoms with van der Waals surface area (Å²) in [6, 6.07) is 6.97. The number of fused-ring (bicyclic) bond motifs is 1. The van der Waals surface area contributed by atoms with E-state index in [1.807, 2.05) is 0 Å². The Balaban J connectivity index is 1.81. The molecule has 4 rings (SSSR count). The van der Waals surface area contributed by atoms with E-state index in [-0.39, 0.29) is 0 Å². The number of imidazole rings is 1. The smallest absolute Gasteiger partial charge is 0.139 e. The Labute approximate surface area is 135 Å². The topological polar surface area (TPSA) is 29.3 Å². The maximum absolute atomic E-state index is 4.87. The van der Waals surface area contributed by atoms with Gasteiger partial charge in [-0.25, -0.2) is 4.98 Å². The third kappa shape index (κ3) is 2.52. The van der Waals surface area contributed by atoms with Crippen LogP contribution in [0, 0.1) is 6.92 Å². The second-order valence-electron chi connectivity index (χ2n) is 6.23. The Morgan fingerprint density at radius 2 is 2.05 bits per heavy atom. The number of nitrogens with one attached hydrogen (secondary N) is 1. The van der Waals surface area contributed by atoms with Crippen molar-refractivity contribution < 1.29 is 0 Å². The zero-order chi connectivity index (χ0) is 14.9. The van der Waals surface area contributed by atoms with Crippen LogP contribution in [0.3, 0.4) is 0 Å². The molecular weight excluding hydrogens is 290 g/mol. The molecule has 1 N–H and O–H groups in total. The van der Waals surface area contributed by atoms with Gasteiger partial charge in [0.2, 0.25) is 0 Å². The fourth-order valence-electron chi connectivity index (χ4n) is 3.33. The molecule has 1 aliphatic carbocycles. The van der Waals surface area contributed by atoms with Crippen molar-refractivity contribution in [2.45, 2.75) is 45.1 Å². The molecular formula is C18H21N3S. The Bertz CT molecular complexity index is 767. The highest BCUT2D eigenvalue weighted by Crippen LogP contribution is 2.32. The monoisotopic (exact) mass is 311 g/mol. The van der Waals surface area contributed by atoms with E-state index in [0.29, 0.717) is 6.04 Å². The second kappa shape index (κ2) is 5.76. The normalized spacial score (nSPS) is 16.2. The van der Waals surface area contributed by atoms with Crippen LogP contribution in [0.5, 0.6) is 0 Å². The van der Waals surface area contributed by atoms with Crippen LogP contribution in [0.15, 0.2) is 35.2 Å². The highest BCUT2D eigenvalue weighted by molar-refractivity contribution is 7.08. The first-order valence-electron chi connectivity index (χ1n) is 8.09. The summed E-state index contributed by atoms with van der Waals surface area (Å²) in [6.07, 6.45) is 8.76. The van der Waals surface area contributed by atoms with Gasteiger partial charge in [-0.15, -0.1) is 0 Å². The van der Waals surface area contributed by atoms with Crippen LogP contribution in [0.4, 0.5) is 5.82 Å². The third-order valence-corrected chi connectivity index (χ3v) is 5.19. The van der Waals surface area contributed by atoms with Gasteiger partial charge in [-0.1, -0.05) is 25.3 Å². The molecule has 4 heteroatoms. The summed E-state index contributed by atoms with van der Waals surface area (Å²) in [5, 5.41) is 8.09. The molecule has 1 aliphatic rings. The highest BCUT2D eigenvalue weighted by Gasteiger charge is 2.19. The van der Waals surface area contributed by atoms with Crippen LogP contribution in [0.25, 0.3) is 16.9 Å². The molecule has 1 saturated carbocycles. The number of pyridine rings is 1. The first-order chi connectivity index (χ1) is 10.8. The molecule has 3 heterocycles. The lowest BCUT2D eigenvalue weighted by molar-refractivity contribution is 0.462. The van der Waals surface area contributed by atoms with Gasteiger partial charge in [-0.3, -0.25) is 4.40 Å². The molecule has 3 aromatic heterocycles. The Morgan fingerprint density at radius 3 is 2.82 bits per heavy atom. The first kappa shape index (κ1) is 13.8. The average molecular weight is 311 g/mol. The van der Waals surface area contributed by atoms with E-state index >= 15 is 0 Å². The number of aryl methyl sites for hydroxylation is 1. The quantitative estimate of drug-likeness (QED) is 0.728. The minimum absolute atomic E-state index is 0.576. The van der Waals surface area contributed by atoms with Gasteiger partial charge in [0.15, 0.2) is 0 Å². The number of hydrogen-bond acceptors (Lipinski definition) is 3. The van der Waals surface area contributed by atoms with E-state index in [1.165, 1.54) is 43.2 Å². The van der Waals surface area contributed by atoms with E-state index in [1.54, 1.807) is 11.3 Å². The van der Waals surface area contributed by atoms with E-state index < -0.39 is 0 Å². The third-order valence-electron chi connectivity index (χ3n) is 4.51. The molecule has 0 amide bonds. The molecule has 114 valence electrons. The van der Waals surface area contributed by atoms with E-state index in [2.05, 4.69) is 51.8 Å². The van der Waals surface area contributed by atoms with Crippen LogP contribution >= 0.6 is 11.3 Å². The van der Waals surface area contributed by atoms with Crippen molar-refractivity contribution >= 4 is 22.8 Å². The molecule has 0 atom stereocenters. The molecule has 0 aliphatic heterocycles. The van der Waals surface area contributed by atoms with Crippen molar-refractivity contribution in [3.8, 4) is 11.3 Å². The summed E-state index contributed by atoms with van der Waals surface area (Å²) in [5.74, 6) is 1.16. The van der Waals surface area contributed by atoms with Crippen molar-refractivity contribution in [3.63, 3.8) is 0 Å². The van der Waals surface area contributed by atoms with Gasteiger partial charge in [-0.2, -0.15) is 11.3 Å². The lowest BCUT2D eigenvalue weighted by atomic mass is 9.95. The molecule has 1 fully saturated rings. The number of nitrogens with zero attached hydrogens (tertiary/aromatic N) is 2. The van der Waals surface area contributed by atoms with Crippen LogP contribution in [0.2, 0.25) is 0 Å². The molecule has 0 radical (unpaired) electrons. The fourth-order valence-corrected chi connectivity index (χ4v) is 3.97. The lowest BCUT2D eigenvalue weighted by Gasteiger charge is -2.24. The standard InChI is InChI=1S/C18H21N3S/c1-13-7-8-16-20-17(14-9-10-22-12-14)18(21(16)11-13)19-15-5-3-2-4-6-15/h7-12,15,19H,2-6H2,1H3. The van der Waals surface area contributed by atoms with E-state index in [0.717, 1.165) is 17.2 Å². The molecule has 3 nitrogen and oxygen atoms in total. The molecule has 22 heavy (non-hydrogen) atoms. The summed E-state index contributed by atoms with van der Waals surface area (Å²) in [4.78, 5) is 4.87. The lowest BCUT2D eigenvalue weighted by Crippen LogP contribution is -2.23. The second-order valence-corrected chi connectivity index (χ2v) is 7.01. The minimum atomic E-state index is 0.576. The zero-order valence-electron chi connectivity index (χ0n) is 12.9. The maximum Gasteiger partial charge on any atom is 0.139 e. The number of aromatic nitrogens is 2. The number of hydrogen-bond donors (Lipinski definition) is 1. The number of rotatable bonds is 3. The van der Waals surface area contributed by atoms with Gasteiger partial charge in [0.25, 0.3) is 0 Å². The minimum Gasteiger partial charge on any atom is -0.367 e. The van der Waals surface area contributed by atoms with Crippen LogP contribution in [-0.2, 0) is 0 Å². The van der Waals surface area contributed by atoms with Gasteiger partial charge in [-0.05, 0) is 42.8 Å². The van der Waals surface area contributed by atoms with Crippen molar-refractivity contribution in [2.24, 2.45) is 0 Å². The molecule has 3 aromatic rings. The van der Waals surface area contributed by atoms with Crippen molar-refractivity contribution in [1.82, 2.24) is 9.38 Å². The van der Waals surface area contributed by atoms with Gasteiger partial charge in [0.05, 0.1) is 0 Å². The Morgan fingerprint density at radius 1 is 1.18 bits per heavy atom. The number of anilines is 1. The van der Waals surface area contributed by atoms with Crippen LogP contribution in [-0.4, -0.2) is 15.4 Å². The molecule has 0 bridgehead atoms. The fraction of sp³-hybridized carbons (Fsp3) is 0.389. The number of thiophene rings is 1. The summed E-state index contributed by atoms with van der Waals surface area (Å²) >= 11 is 1.73. The van der Waals surface area contributed by atoms with Gasteiger partial charge in [0, 0.05) is 23.2 Å².